The van der Waals surface area contributed by atoms with Gasteiger partial charge < -0.3 is 15.0 Å². The average Bonchev–Trinajstić information content (AvgIpc) is 2.76. The number of hydrogen-bond acceptors (Lipinski definition) is 5. The molecule has 0 aromatic carbocycles. The van der Waals surface area contributed by atoms with Crippen molar-refractivity contribution in [1.82, 2.24) is 19.7 Å². The Balaban J connectivity index is 1.92. The van der Waals surface area contributed by atoms with Crippen LogP contribution in [0.1, 0.15) is 16.3 Å². The van der Waals surface area contributed by atoms with Gasteiger partial charge in [-0.1, -0.05) is 6.07 Å². The van der Waals surface area contributed by atoms with E-state index in [2.05, 4.69) is 20.5 Å². The molecule has 0 saturated heterocycles. The third-order valence-electron chi connectivity index (χ3n) is 2.43. The lowest BCUT2D eigenvalue weighted by molar-refractivity contribution is 0.0690. The van der Waals surface area contributed by atoms with Crippen molar-refractivity contribution in [3.8, 4) is 0 Å². The quantitative estimate of drug-likeness (QED) is 0.802. The third kappa shape index (κ3) is 2.82. The van der Waals surface area contributed by atoms with E-state index in [1.807, 2.05) is 11.6 Å². The van der Waals surface area contributed by atoms with Crippen LogP contribution in [0.25, 0.3) is 0 Å². The summed E-state index contributed by atoms with van der Waals surface area (Å²) >= 11 is 0. The molecule has 0 aliphatic heterocycles. The predicted molar refractivity (Wildman–Crippen MR) is 64.4 cm³/mol. The van der Waals surface area contributed by atoms with Crippen molar-refractivity contribution in [2.75, 3.05) is 11.9 Å². The molecule has 0 spiro atoms. The van der Waals surface area contributed by atoms with E-state index in [0.717, 1.165) is 5.82 Å². The van der Waals surface area contributed by atoms with E-state index in [1.54, 1.807) is 18.5 Å². The van der Waals surface area contributed by atoms with Gasteiger partial charge in [0.15, 0.2) is 5.69 Å². The zero-order valence-electron chi connectivity index (χ0n) is 9.87. The maximum absolute atomic E-state index is 10.7. The van der Waals surface area contributed by atoms with Gasteiger partial charge in [-0.15, -0.1) is 10.2 Å². The molecule has 0 atom stereocenters. The molecule has 0 aliphatic carbocycles. The number of rotatable bonds is 5. The molecule has 2 aromatic heterocycles. The van der Waals surface area contributed by atoms with Crippen molar-refractivity contribution in [1.29, 1.82) is 0 Å². The van der Waals surface area contributed by atoms with Crippen LogP contribution in [-0.4, -0.2) is 37.4 Å². The Morgan fingerprint density at radius 3 is 3.00 bits per heavy atom. The number of nitrogens with one attached hydrogen (secondary N) is 1. The molecule has 18 heavy (non-hydrogen) atoms. The Labute approximate surface area is 104 Å². The molecule has 0 amide bonds. The van der Waals surface area contributed by atoms with E-state index in [4.69, 9.17) is 5.11 Å². The van der Waals surface area contributed by atoms with Gasteiger partial charge in [0.05, 0.1) is 0 Å². The van der Waals surface area contributed by atoms with E-state index in [1.165, 1.54) is 6.07 Å². The lowest BCUT2D eigenvalue weighted by atomic mass is 10.3. The molecule has 94 valence electrons. The minimum absolute atomic E-state index is 0.0265. The van der Waals surface area contributed by atoms with Gasteiger partial charge >= 0.3 is 5.97 Å². The molecule has 0 saturated carbocycles. The van der Waals surface area contributed by atoms with Gasteiger partial charge in [-0.25, -0.2) is 9.78 Å². The van der Waals surface area contributed by atoms with Crippen LogP contribution in [0.15, 0.2) is 24.5 Å². The van der Waals surface area contributed by atoms with Crippen LogP contribution < -0.4 is 5.32 Å². The highest BCUT2D eigenvalue weighted by molar-refractivity contribution is 5.85. The summed E-state index contributed by atoms with van der Waals surface area (Å²) in [5.41, 5.74) is 0.0265. The van der Waals surface area contributed by atoms with Crippen LogP contribution in [0.5, 0.6) is 0 Å². The van der Waals surface area contributed by atoms with Crippen molar-refractivity contribution in [2.24, 2.45) is 7.05 Å². The maximum atomic E-state index is 10.7. The van der Waals surface area contributed by atoms with Gasteiger partial charge in [0.1, 0.15) is 18.0 Å². The lowest BCUT2D eigenvalue weighted by Gasteiger charge is -2.05. The molecule has 2 aromatic rings. The Bertz CT molecular complexity index is 552. The van der Waals surface area contributed by atoms with Crippen LogP contribution >= 0.6 is 0 Å². The second kappa shape index (κ2) is 5.26. The topological polar surface area (TPSA) is 92.9 Å². The molecule has 0 bridgehead atoms. The molecule has 2 heterocycles. The highest BCUT2D eigenvalue weighted by Gasteiger charge is 2.05. The first-order valence-corrected chi connectivity index (χ1v) is 5.44. The number of carboxylic acids is 1. The smallest absolute Gasteiger partial charge is 0.354 e. The molecular weight excluding hydrogens is 234 g/mol. The summed E-state index contributed by atoms with van der Waals surface area (Å²) in [5, 5.41) is 19.6. The van der Waals surface area contributed by atoms with Crippen molar-refractivity contribution in [3.63, 3.8) is 0 Å². The minimum atomic E-state index is -1.04. The molecular formula is C11H13N5O2. The number of aromatic nitrogens is 4. The van der Waals surface area contributed by atoms with E-state index < -0.39 is 5.97 Å². The maximum Gasteiger partial charge on any atom is 0.354 e. The zero-order valence-corrected chi connectivity index (χ0v) is 9.87. The van der Waals surface area contributed by atoms with Crippen LogP contribution in [0.4, 0.5) is 5.82 Å². The number of hydrogen-bond donors (Lipinski definition) is 2. The first-order valence-electron chi connectivity index (χ1n) is 5.44. The van der Waals surface area contributed by atoms with Crippen molar-refractivity contribution in [2.45, 2.75) is 6.42 Å². The number of aromatic carboxylic acids is 1. The molecule has 2 N–H and O–H groups in total. The fourth-order valence-electron chi connectivity index (χ4n) is 1.49. The second-order valence-electron chi connectivity index (χ2n) is 3.75. The third-order valence-corrected chi connectivity index (χ3v) is 2.43. The number of carbonyl (C=O) groups is 1. The SMILES string of the molecule is Cn1cnnc1CCNc1cccc(C(=O)O)n1. The lowest BCUT2D eigenvalue weighted by Crippen LogP contribution is -2.11. The summed E-state index contributed by atoms with van der Waals surface area (Å²) in [6, 6.07) is 4.83. The van der Waals surface area contributed by atoms with Gasteiger partial charge in [-0.05, 0) is 12.1 Å². The fourth-order valence-corrected chi connectivity index (χ4v) is 1.49. The van der Waals surface area contributed by atoms with Crippen molar-refractivity contribution >= 4 is 11.8 Å². The van der Waals surface area contributed by atoms with E-state index in [9.17, 15) is 4.79 Å². The first-order chi connectivity index (χ1) is 8.66. The number of anilines is 1. The molecule has 7 heteroatoms. The van der Waals surface area contributed by atoms with Gasteiger partial charge in [0.2, 0.25) is 0 Å². The minimum Gasteiger partial charge on any atom is -0.477 e. The Kier molecular flexibility index (Phi) is 3.52. The van der Waals surface area contributed by atoms with Crippen molar-refractivity contribution in [3.05, 3.63) is 36.0 Å². The van der Waals surface area contributed by atoms with E-state index >= 15 is 0 Å². The van der Waals surface area contributed by atoms with Crippen LogP contribution in [0, 0.1) is 0 Å². The summed E-state index contributed by atoms with van der Waals surface area (Å²) in [7, 11) is 1.87. The molecule has 0 radical (unpaired) electrons. The zero-order chi connectivity index (χ0) is 13.0. The summed E-state index contributed by atoms with van der Waals surface area (Å²) < 4.78 is 1.84. The van der Waals surface area contributed by atoms with E-state index in [0.29, 0.717) is 18.8 Å². The number of aryl methyl sites for hydroxylation is 1. The van der Waals surface area contributed by atoms with Crippen LogP contribution in [-0.2, 0) is 13.5 Å². The largest absolute Gasteiger partial charge is 0.477 e. The molecule has 0 fully saturated rings. The van der Waals surface area contributed by atoms with Crippen LogP contribution in [0.2, 0.25) is 0 Å². The van der Waals surface area contributed by atoms with Gasteiger partial charge in [-0.2, -0.15) is 0 Å². The first kappa shape index (κ1) is 12.0. The highest BCUT2D eigenvalue weighted by Crippen LogP contribution is 2.05. The van der Waals surface area contributed by atoms with Gasteiger partial charge in [0, 0.05) is 20.0 Å². The molecule has 2 rings (SSSR count). The Hall–Kier alpha value is -2.44. The van der Waals surface area contributed by atoms with Gasteiger partial charge in [0.25, 0.3) is 0 Å². The Morgan fingerprint density at radius 2 is 2.33 bits per heavy atom. The number of nitrogens with zero attached hydrogens (tertiary/aromatic N) is 4. The summed E-state index contributed by atoms with van der Waals surface area (Å²) in [5.74, 6) is 0.362. The number of carboxylic acid groups (broad SMARTS) is 1. The van der Waals surface area contributed by atoms with Gasteiger partial charge in [-0.3, -0.25) is 0 Å². The average molecular weight is 247 g/mol. The molecule has 0 unspecified atom stereocenters. The summed E-state index contributed by atoms with van der Waals surface area (Å²) in [6.07, 6.45) is 2.33. The summed E-state index contributed by atoms with van der Waals surface area (Å²) in [6.45, 7) is 0.614. The monoisotopic (exact) mass is 247 g/mol. The van der Waals surface area contributed by atoms with Crippen molar-refractivity contribution < 1.29 is 9.90 Å². The summed E-state index contributed by atoms with van der Waals surface area (Å²) in [4.78, 5) is 14.7. The number of pyridine rings is 1. The van der Waals surface area contributed by atoms with E-state index in [-0.39, 0.29) is 5.69 Å². The van der Waals surface area contributed by atoms with Crippen LogP contribution in [0.3, 0.4) is 0 Å². The molecule has 0 aliphatic rings. The second-order valence-corrected chi connectivity index (χ2v) is 3.75. The normalized spacial score (nSPS) is 10.3. The predicted octanol–water partition coefficient (Wildman–Crippen LogP) is 0.563. The Morgan fingerprint density at radius 1 is 1.50 bits per heavy atom. The fraction of sp³-hybridized carbons (Fsp3) is 0.273. The highest BCUT2D eigenvalue weighted by atomic mass is 16.4. The standard InChI is InChI=1S/C11H13N5O2/c1-16-7-13-15-10(16)5-6-12-9-4-2-3-8(14-9)11(17)18/h2-4,7H,5-6H2,1H3,(H,12,14)(H,17,18). The molecule has 7 nitrogen and oxygen atoms in total.